The molecule has 0 saturated carbocycles. The van der Waals surface area contributed by atoms with Crippen molar-refractivity contribution in [1.82, 2.24) is 16.0 Å². The largest absolute Gasteiger partial charge is 0.480 e. The molecule has 0 aliphatic heterocycles. The number of hydrogen-bond donors (Lipinski definition) is 5. The fourth-order valence-electron chi connectivity index (χ4n) is 1.71. The first-order valence-corrected chi connectivity index (χ1v) is 9.34. The Kier molecular flexibility index (Phi) is 10.8. The van der Waals surface area contributed by atoms with E-state index in [1.807, 2.05) is 6.26 Å². The van der Waals surface area contributed by atoms with Crippen molar-refractivity contribution >= 4 is 35.5 Å². The van der Waals surface area contributed by atoms with Crippen molar-refractivity contribution in [3.8, 4) is 0 Å². The Morgan fingerprint density at radius 2 is 1.68 bits per heavy atom. The zero-order valence-electron chi connectivity index (χ0n) is 15.0. The molecule has 0 aromatic heterocycles. The summed E-state index contributed by atoms with van der Waals surface area (Å²) in [7, 11) is 0. The van der Waals surface area contributed by atoms with Gasteiger partial charge in [0.15, 0.2) is 0 Å². The molecule has 144 valence electrons. The summed E-state index contributed by atoms with van der Waals surface area (Å²) in [6.07, 6.45) is 2.19. The molecule has 25 heavy (non-hydrogen) atoms. The molecular formula is C15H28N4O5S. The Labute approximate surface area is 151 Å². The maximum absolute atomic E-state index is 12.1. The van der Waals surface area contributed by atoms with Crippen LogP contribution < -0.4 is 21.7 Å². The minimum Gasteiger partial charge on any atom is -0.480 e. The van der Waals surface area contributed by atoms with Crippen molar-refractivity contribution in [1.29, 1.82) is 0 Å². The minimum atomic E-state index is -1.17. The third-order valence-corrected chi connectivity index (χ3v) is 4.08. The number of carboxylic acid groups (broad SMARTS) is 1. The topological polar surface area (TPSA) is 151 Å². The average molecular weight is 376 g/mol. The van der Waals surface area contributed by atoms with Crippen LogP contribution in [-0.2, 0) is 19.2 Å². The molecule has 0 aliphatic carbocycles. The van der Waals surface area contributed by atoms with E-state index in [-0.39, 0.29) is 12.5 Å². The second kappa shape index (κ2) is 11.7. The van der Waals surface area contributed by atoms with Gasteiger partial charge in [-0.3, -0.25) is 19.2 Å². The molecule has 0 bridgehead atoms. The van der Waals surface area contributed by atoms with Crippen LogP contribution in [0, 0.1) is 5.92 Å². The van der Waals surface area contributed by atoms with Gasteiger partial charge in [-0.15, -0.1) is 0 Å². The standard InChI is InChI=1S/C15H28N4O5S/c1-8(2)12(16)14(22)17-7-11(20)19-10(5-6-25-4)13(21)18-9(3)15(23)24/h8-10,12H,5-7,16H2,1-4H3,(H,17,22)(H,18,21)(H,19,20)(H,23,24). The Bertz CT molecular complexity index is 487. The van der Waals surface area contributed by atoms with E-state index in [2.05, 4.69) is 16.0 Å². The van der Waals surface area contributed by atoms with Gasteiger partial charge >= 0.3 is 5.97 Å². The lowest BCUT2D eigenvalue weighted by molar-refractivity contribution is -0.141. The number of amides is 3. The number of nitrogens with one attached hydrogen (secondary N) is 3. The van der Waals surface area contributed by atoms with Crippen LogP contribution in [0.15, 0.2) is 0 Å². The summed E-state index contributed by atoms with van der Waals surface area (Å²) in [6.45, 7) is 4.60. The van der Waals surface area contributed by atoms with E-state index in [9.17, 15) is 19.2 Å². The molecule has 10 heteroatoms. The first kappa shape index (κ1) is 23.2. The van der Waals surface area contributed by atoms with E-state index >= 15 is 0 Å². The maximum atomic E-state index is 12.1. The van der Waals surface area contributed by atoms with Crippen LogP contribution in [0.1, 0.15) is 27.2 Å². The molecule has 0 heterocycles. The van der Waals surface area contributed by atoms with E-state index in [1.165, 1.54) is 18.7 Å². The number of carboxylic acids is 1. The van der Waals surface area contributed by atoms with Gasteiger partial charge in [-0.1, -0.05) is 13.8 Å². The molecule has 0 spiro atoms. The van der Waals surface area contributed by atoms with E-state index in [4.69, 9.17) is 10.8 Å². The Hall–Kier alpha value is -1.81. The van der Waals surface area contributed by atoms with Crippen LogP contribution >= 0.6 is 11.8 Å². The van der Waals surface area contributed by atoms with Gasteiger partial charge in [-0.2, -0.15) is 11.8 Å². The number of aliphatic carboxylic acids is 1. The molecule has 3 atom stereocenters. The summed E-state index contributed by atoms with van der Waals surface area (Å²) in [5, 5.41) is 16.1. The summed E-state index contributed by atoms with van der Waals surface area (Å²) in [5.41, 5.74) is 5.68. The molecule has 0 radical (unpaired) electrons. The molecule has 0 rings (SSSR count). The Balaban J connectivity index is 4.64. The zero-order valence-corrected chi connectivity index (χ0v) is 15.8. The summed E-state index contributed by atoms with van der Waals surface area (Å²) in [5.74, 6) is -2.21. The highest BCUT2D eigenvalue weighted by molar-refractivity contribution is 7.98. The summed E-state index contributed by atoms with van der Waals surface area (Å²) in [4.78, 5) is 46.7. The van der Waals surface area contributed by atoms with Gasteiger partial charge in [0, 0.05) is 0 Å². The highest BCUT2D eigenvalue weighted by Gasteiger charge is 2.24. The summed E-state index contributed by atoms with van der Waals surface area (Å²) in [6, 6.07) is -2.66. The van der Waals surface area contributed by atoms with E-state index in [1.54, 1.807) is 13.8 Å². The fraction of sp³-hybridized carbons (Fsp3) is 0.733. The highest BCUT2D eigenvalue weighted by atomic mass is 32.2. The molecule has 0 aromatic rings. The number of hydrogen-bond acceptors (Lipinski definition) is 6. The number of carbonyl (C=O) groups is 4. The lowest BCUT2D eigenvalue weighted by Crippen LogP contribution is -2.53. The zero-order chi connectivity index (χ0) is 19.6. The quantitative estimate of drug-likeness (QED) is 0.307. The van der Waals surface area contributed by atoms with Gasteiger partial charge in [0.25, 0.3) is 0 Å². The Morgan fingerprint density at radius 3 is 2.16 bits per heavy atom. The van der Waals surface area contributed by atoms with E-state index in [0.29, 0.717) is 12.2 Å². The normalized spacial score (nSPS) is 14.3. The molecule has 6 N–H and O–H groups in total. The van der Waals surface area contributed by atoms with Crippen molar-refractivity contribution < 1.29 is 24.3 Å². The molecular weight excluding hydrogens is 348 g/mol. The second-order valence-electron chi connectivity index (χ2n) is 5.96. The van der Waals surface area contributed by atoms with Crippen LogP contribution in [0.4, 0.5) is 0 Å². The van der Waals surface area contributed by atoms with Gasteiger partial charge in [-0.25, -0.2) is 0 Å². The van der Waals surface area contributed by atoms with Crippen LogP contribution in [-0.4, -0.2) is 65.5 Å². The van der Waals surface area contributed by atoms with Crippen molar-refractivity contribution in [3.63, 3.8) is 0 Å². The summed E-state index contributed by atoms with van der Waals surface area (Å²) < 4.78 is 0. The van der Waals surface area contributed by atoms with Crippen LogP contribution in [0.3, 0.4) is 0 Å². The van der Waals surface area contributed by atoms with Crippen molar-refractivity contribution in [3.05, 3.63) is 0 Å². The Morgan fingerprint density at radius 1 is 1.08 bits per heavy atom. The summed E-state index contributed by atoms with van der Waals surface area (Å²) >= 11 is 1.49. The predicted octanol–water partition coefficient (Wildman–Crippen LogP) is -1.09. The van der Waals surface area contributed by atoms with Gasteiger partial charge < -0.3 is 26.8 Å². The van der Waals surface area contributed by atoms with Gasteiger partial charge in [0.05, 0.1) is 12.6 Å². The maximum Gasteiger partial charge on any atom is 0.325 e. The first-order chi connectivity index (χ1) is 11.6. The second-order valence-corrected chi connectivity index (χ2v) is 6.94. The van der Waals surface area contributed by atoms with Gasteiger partial charge in [0.1, 0.15) is 12.1 Å². The average Bonchev–Trinajstić information content (AvgIpc) is 2.54. The smallest absolute Gasteiger partial charge is 0.325 e. The van der Waals surface area contributed by atoms with Gasteiger partial charge in [0.2, 0.25) is 17.7 Å². The number of rotatable bonds is 11. The lowest BCUT2D eigenvalue weighted by Gasteiger charge is -2.20. The predicted molar refractivity (Wildman–Crippen MR) is 96.0 cm³/mol. The molecule has 0 fully saturated rings. The van der Waals surface area contributed by atoms with Crippen molar-refractivity contribution in [2.45, 2.75) is 45.3 Å². The van der Waals surface area contributed by atoms with Gasteiger partial charge in [-0.05, 0) is 31.3 Å². The lowest BCUT2D eigenvalue weighted by atomic mass is 10.1. The molecule has 0 aliphatic rings. The van der Waals surface area contributed by atoms with Crippen molar-refractivity contribution in [2.75, 3.05) is 18.6 Å². The molecule has 3 amide bonds. The minimum absolute atomic E-state index is 0.0688. The first-order valence-electron chi connectivity index (χ1n) is 7.94. The third kappa shape index (κ3) is 9.30. The van der Waals surface area contributed by atoms with Crippen LogP contribution in [0.25, 0.3) is 0 Å². The van der Waals surface area contributed by atoms with Crippen LogP contribution in [0.2, 0.25) is 0 Å². The number of thioether (sulfide) groups is 1. The monoisotopic (exact) mass is 376 g/mol. The SMILES string of the molecule is CSCCC(NC(=O)CNC(=O)C(N)C(C)C)C(=O)NC(C)C(=O)O. The molecule has 0 saturated heterocycles. The molecule has 0 aromatic carbocycles. The third-order valence-electron chi connectivity index (χ3n) is 3.44. The fourth-order valence-corrected chi connectivity index (χ4v) is 2.18. The molecule has 3 unspecified atom stereocenters. The van der Waals surface area contributed by atoms with Crippen molar-refractivity contribution in [2.24, 2.45) is 11.7 Å². The number of nitrogens with two attached hydrogens (primary N) is 1. The highest BCUT2D eigenvalue weighted by Crippen LogP contribution is 2.02. The number of carbonyl (C=O) groups excluding carboxylic acids is 3. The molecule has 9 nitrogen and oxygen atoms in total. The van der Waals surface area contributed by atoms with Crippen LogP contribution in [0.5, 0.6) is 0 Å². The van der Waals surface area contributed by atoms with E-state index < -0.39 is 41.8 Å². The van der Waals surface area contributed by atoms with E-state index in [0.717, 1.165) is 0 Å².